The van der Waals surface area contributed by atoms with E-state index in [1.807, 2.05) is 0 Å². The van der Waals surface area contributed by atoms with Crippen LogP contribution < -0.4 is 11.1 Å². The first-order chi connectivity index (χ1) is 9.75. The number of nitro benzene ring substituents is 1. The van der Waals surface area contributed by atoms with Gasteiger partial charge < -0.3 is 11.1 Å². The van der Waals surface area contributed by atoms with Crippen LogP contribution in [0.25, 0.3) is 0 Å². The number of nitrogens with zero attached hydrogens (tertiary/aromatic N) is 1. The highest BCUT2D eigenvalue weighted by Gasteiger charge is 2.09. The van der Waals surface area contributed by atoms with E-state index in [-0.39, 0.29) is 16.3 Å². The van der Waals surface area contributed by atoms with Crippen molar-refractivity contribution in [2.75, 3.05) is 17.3 Å². The summed E-state index contributed by atoms with van der Waals surface area (Å²) in [6, 6.07) is 10.2. The molecule has 0 heterocycles. The van der Waals surface area contributed by atoms with Crippen LogP contribution >= 0.6 is 0 Å². The van der Waals surface area contributed by atoms with Crippen LogP contribution in [0.2, 0.25) is 0 Å². The lowest BCUT2D eigenvalue weighted by atomic mass is 10.2. The number of sulfone groups is 1. The summed E-state index contributed by atoms with van der Waals surface area (Å²) >= 11 is 0. The number of anilines is 3. The molecule has 0 fully saturated rings. The van der Waals surface area contributed by atoms with Gasteiger partial charge in [-0.15, -0.1) is 0 Å². The Kier molecular flexibility index (Phi) is 3.81. The van der Waals surface area contributed by atoms with E-state index in [0.717, 1.165) is 6.26 Å². The largest absolute Gasteiger partial charge is 0.398 e. The van der Waals surface area contributed by atoms with E-state index in [2.05, 4.69) is 5.32 Å². The minimum Gasteiger partial charge on any atom is -0.398 e. The molecule has 0 bridgehead atoms. The van der Waals surface area contributed by atoms with E-state index < -0.39 is 14.8 Å². The maximum absolute atomic E-state index is 11.4. The molecule has 8 heteroatoms. The molecule has 2 aromatic carbocycles. The van der Waals surface area contributed by atoms with Crippen LogP contribution in [-0.2, 0) is 9.84 Å². The van der Waals surface area contributed by atoms with Crippen molar-refractivity contribution in [3.8, 4) is 0 Å². The van der Waals surface area contributed by atoms with Crippen LogP contribution in [0.3, 0.4) is 0 Å². The van der Waals surface area contributed by atoms with Gasteiger partial charge in [-0.1, -0.05) is 0 Å². The van der Waals surface area contributed by atoms with Crippen molar-refractivity contribution in [2.45, 2.75) is 4.90 Å². The molecule has 0 saturated carbocycles. The van der Waals surface area contributed by atoms with Gasteiger partial charge in [0.1, 0.15) is 0 Å². The lowest BCUT2D eigenvalue weighted by molar-refractivity contribution is -0.384. The van der Waals surface area contributed by atoms with Crippen molar-refractivity contribution in [3.05, 3.63) is 52.6 Å². The highest BCUT2D eigenvalue weighted by atomic mass is 32.2. The summed E-state index contributed by atoms with van der Waals surface area (Å²) in [4.78, 5) is 10.4. The summed E-state index contributed by atoms with van der Waals surface area (Å²) in [6.45, 7) is 0. The maximum atomic E-state index is 11.4. The van der Waals surface area contributed by atoms with Crippen LogP contribution in [0.15, 0.2) is 47.4 Å². The molecular weight excluding hydrogens is 294 g/mol. The molecule has 110 valence electrons. The Labute approximate surface area is 121 Å². The molecule has 3 N–H and O–H groups in total. The predicted molar refractivity (Wildman–Crippen MR) is 80.3 cm³/mol. The van der Waals surface area contributed by atoms with E-state index in [1.165, 1.54) is 24.3 Å². The van der Waals surface area contributed by atoms with Crippen LogP contribution in [0.5, 0.6) is 0 Å². The molecule has 2 rings (SSSR count). The fourth-order valence-corrected chi connectivity index (χ4v) is 2.39. The average Bonchev–Trinajstić information content (AvgIpc) is 2.37. The van der Waals surface area contributed by atoms with Gasteiger partial charge in [0.2, 0.25) is 0 Å². The van der Waals surface area contributed by atoms with Gasteiger partial charge in [-0.2, -0.15) is 0 Å². The summed E-state index contributed by atoms with van der Waals surface area (Å²) in [5, 5.41) is 13.7. The molecule has 0 aliphatic rings. The van der Waals surface area contributed by atoms with Gasteiger partial charge in [0, 0.05) is 35.5 Å². The van der Waals surface area contributed by atoms with Gasteiger partial charge in [0.15, 0.2) is 9.84 Å². The third-order valence-electron chi connectivity index (χ3n) is 2.72. The summed E-state index contributed by atoms with van der Waals surface area (Å²) in [5.74, 6) is 0. The predicted octanol–water partition coefficient (Wildman–Crippen LogP) is 2.32. The lowest BCUT2D eigenvalue weighted by Crippen LogP contribution is -1.98. The molecule has 0 atom stereocenters. The zero-order valence-electron chi connectivity index (χ0n) is 11.1. The summed E-state index contributed by atoms with van der Waals surface area (Å²) in [5.41, 5.74) is 6.80. The topological polar surface area (TPSA) is 115 Å². The summed E-state index contributed by atoms with van der Waals surface area (Å²) in [6.07, 6.45) is 1.12. The normalized spacial score (nSPS) is 11.1. The molecule has 0 aliphatic carbocycles. The Balaban J connectivity index is 2.28. The number of nitrogen functional groups attached to an aromatic ring is 1. The van der Waals surface area contributed by atoms with Crippen LogP contribution in [-0.4, -0.2) is 19.6 Å². The number of non-ortho nitro benzene ring substituents is 1. The second-order valence-electron chi connectivity index (χ2n) is 4.49. The number of nitrogens with one attached hydrogen (secondary N) is 1. The summed E-state index contributed by atoms with van der Waals surface area (Å²) in [7, 11) is -3.25. The maximum Gasteiger partial charge on any atom is 0.273 e. The first-order valence-electron chi connectivity index (χ1n) is 5.88. The number of nitrogens with two attached hydrogens (primary N) is 1. The third-order valence-corrected chi connectivity index (χ3v) is 3.85. The van der Waals surface area contributed by atoms with Crippen molar-refractivity contribution in [3.63, 3.8) is 0 Å². The van der Waals surface area contributed by atoms with E-state index in [0.29, 0.717) is 11.4 Å². The van der Waals surface area contributed by atoms with Crippen molar-refractivity contribution in [2.24, 2.45) is 0 Å². The van der Waals surface area contributed by atoms with E-state index in [9.17, 15) is 18.5 Å². The molecular formula is C13H13N3O4S. The van der Waals surface area contributed by atoms with Crippen molar-refractivity contribution in [1.82, 2.24) is 0 Å². The highest BCUT2D eigenvalue weighted by molar-refractivity contribution is 7.90. The fraction of sp³-hybridized carbons (Fsp3) is 0.0769. The van der Waals surface area contributed by atoms with Gasteiger partial charge in [-0.05, 0) is 30.3 Å². The standard InChI is InChI=1S/C13H13N3O4S/c1-21(19,20)13-4-2-10(3-5-13)15-11-6-9(14)7-12(8-11)16(17)18/h2-8,15H,14H2,1H3. The van der Waals surface area contributed by atoms with E-state index in [4.69, 9.17) is 5.73 Å². The smallest absolute Gasteiger partial charge is 0.273 e. The second kappa shape index (κ2) is 5.41. The number of hydrogen-bond acceptors (Lipinski definition) is 6. The zero-order chi connectivity index (χ0) is 15.6. The SMILES string of the molecule is CS(=O)(=O)c1ccc(Nc2cc(N)cc([N+](=O)[O-])c2)cc1. The Hall–Kier alpha value is -2.61. The average molecular weight is 307 g/mol. The molecule has 0 unspecified atom stereocenters. The molecule has 7 nitrogen and oxygen atoms in total. The molecule has 0 aliphatic heterocycles. The van der Waals surface area contributed by atoms with Crippen molar-refractivity contribution in [1.29, 1.82) is 0 Å². The molecule has 0 radical (unpaired) electrons. The quantitative estimate of drug-likeness (QED) is 0.509. The van der Waals surface area contributed by atoms with Crippen LogP contribution in [0.4, 0.5) is 22.7 Å². The molecule has 21 heavy (non-hydrogen) atoms. The van der Waals surface area contributed by atoms with Gasteiger partial charge in [0.05, 0.1) is 9.82 Å². The number of benzene rings is 2. The van der Waals surface area contributed by atoms with Gasteiger partial charge in [-0.25, -0.2) is 8.42 Å². The molecule has 0 spiro atoms. The van der Waals surface area contributed by atoms with Gasteiger partial charge >= 0.3 is 0 Å². The number of rotatable bonds is 4. The Morgan fingerprint density at radius 1 is 1.10 bits per heavy atom. The molecule has 0 saturated heterocycles. The van der Waals surface area contributed by atoms with Gasteiger partial charge in [-0.3, -0.25) is 10.1 Å². The third kappa shape index (κ3) is 3.69. The van der Waals surface area contributed by atoms with Gasteiger partial charge in [0.25, 0.3) is 5.69 Å². The number of nitro groups is 1. The minimum absolute atomic E-state index is 0.120. The molecule has 0 aromatic heterocycles. The monoisotopic (exact) mass is 307 g/mol. The molecule has 2 aromatic rings. The zero-order valence-corrected chi connectivity index (χ0v) is 11.9. The van der Waals surface area contributed by atoms with Crippen LogP contribution in [0.1, 0.15) is 0 Å². The van der Waals surface area contributed by atoms with Crippen molar-refractivity contribution >= 4 is 32.6 Å². The minimum atomic E-state index is -3.25. The Morgan fingerprint density at radius 2 is 1.71 bits per heavy atom. The Morgan fingerprint density at radius 3 is 2.24 bits per heavy atom. The van der Waals surface area contributed by atoms with Crippen molar-refractivity contribution < 1.29 is 13.3 Å². The fourth-order valence-electron chi connectivity index (χ4n) is 1.76. The van der Waals surface area contributed by atoms with E-state index in [1.54, 1.807) is 18.2 Å². The Bertz CT molecular complexity index is 786. The first kappa shape index (κ1) is 14.8. The first-order valence-corrected chi connectivity index (χ1v) is 7.77. The summed E-state index contributed by atoms with van der Waals surface area (Å²) < 4.78 is 22.7. The van der Waals surface area contributed by atoms with Crippen LogP contribution in [0, 0.1) is 10.1 Å². The highest BCUT2D eigenvalue weighted by Crippen LogP contribution is 2.25. The molecule has 0 amide bonds. The van der Waals surface area contributed by atoms with E-state index >= 15 is 0 Å². The number of hydrogen-bond donors (Lipinski definition) is 2. The second-order valence-corrected chi connectivity index (χ2v) is 6.51. The lowest BCUT2D eigenvalue weighted by Gasteiger charge is -2.08.